The number of para-hydroxylation sites is 1. The van der Waals surface area contributed by atoms with E-state index >= 15 is 0 Å². The Balaban J connectivity index is 1.24. The van der Waals surface area contributed by atoms with Crippen LogP contribution in [-0.4, -0.2) is 64.9 Å². The highest BCUT2D eigenvalue weighted by atomic mass is 16.5. The number of rotatable bonds is 9. The lowest BCUT2D eigenvalue weighted by atomic mass is 9.90. The van der Waals surface area contributed by atoms with E-state index in [1.54, 1.807) is 6.08 Å². The van der Waals surface area contributed by atoms with Gasteiger partial charge in [-0.05, 0) is 81.6 Å². The van der Waals surface area contributed by atoms with Gasteiger partial charge in [0.15, 0.2) is 0 Å². The highest BCUT2D eigenvalue weighted by Crippen LogP contribution is 2.40. The Kier molecular flexibility index (Phi) is 8.27. The number of nitrogens with one attached hydrogen (secondary N) is 1. The van der Waals surface area contributed by atoms with Crippen molar-refractivity contribution in [1.29, 1.82) is 5.26 Å². The molecule has 2 aliphatic rings. The number of likely N-dealkylation sites (N-methyl/N-ethyl adjacent to an activating group) is 1. The molecule has 5 rings (SSSR count). The minimum atomic E-state index is -0.131. The molecule has 3 heterocycles. The second-order valence-electron chi connectivity index (χ2n) is 10.7. The van der Waals surface area contributed by atoms with E-state index in [1.165, 1.54) is 6.33 Å². The molecule has 206 valence electrons. The van der Waals surface area contributed by atoms with Gasteiger partial charge >= 0.3 is 0 Å². The van der Waals surface area contributed by atoms with Crippen molar-refractivity contribution in [2.45, 2.75) is 37.8 Å². The van der Waals surface area contributed by atoms with Gasteiger partial charge in [-0.25, -0.2) is 9.97 Å². The Morgan fingerprint density at radius 1 is 1.10 bits per heavy atom. The van der Waals surface area contributed by atoms with Crippen molar-refractivity contribution in [3.63, 3.8) is 0 Å². The zero-order valence-electron chi connectivity index (χ0n) is 23.0. The average molecular weight is 538 g/mol. The van der Waals surface area contributed by atoms with Crippen LogP contribution >= 0.6 is 0 Å². The molecule has 0 radical (unpaired) electrons. The predicted octanol–water partition coefficient (Wildman–Crippen LogP) is 4.71. The van der Waals surface area contributed by atoms with E-state index in [0.717, 1.165) is 54.9 Å². The summed E-state index contributed by atoms with van der Waals surface area (Å²) in [5.74, 6) is 2.84. The molecule has 9 nitrogen and oxygen atoms in total. The number of carbonyl (C=O) groups is 1. The third kappa shape index (κ3) is 6.08. The fourth-order valence-electron chi connectivity index (χ4n) is 5.75. The quantitative estimate of drug-likeness (QED) is 0.297. The van der Waals surface area contributed by atoms with Crippen LogP contribution in [0.25, 0.3) is 11.1 Å². The number of aromatic nitrogens is 2. The van der Waals surface area contributed by atoms with E-state index in [4.69, 9.17) is 10.5 Å². The first-order valence-corrected chi connectivity index (χ1v) is 13.7. The van der Waals surface area contributed by atoms with Crippen molar-refractivity contribution >= 4 is 17.5 Å². The van der Waals surface area contributed by atoms with E-state index in [-0.39, 0.29) is 23.6 Å². The largest absolute Gasteiger partial charge is 0.457 e. The number of fused-ring (bicyclic) bond motifs is 2. The lowest BCUT2D eigenvalue weighted by Gasteiger charge is -2.39. The fourth-order valence-corrected chi connectivity index (χ4v) is 5.75. The van der Waals surface area contributed by atoms with Crippen LogP contribution in [0.3, 0.4) is 0 Å². The Hall–Kier alpha value is -4.42. The van der Waals surface area contributed by atoms with Crippen molar-refractivity contribution in [3.8, 4) is 28.7 Å². The summed E-state index contributed by atoms with van der Waals surface area (Å²) in [4.78, 5) is 25.9. The minimum absolute atomic E-state index is 0.131. The fraction of sp³-hybridized carbons (Fsp3) is 0.355. The number of ether oxygens (including phenoxy) is 1. The molecule has 2 bridgehead atoms. The zero-order valence-corrected chi connectivity index (χ0v) is 23.0. The van der Waals surface area contributed by atoms with E-state index in [1.807, 2.05) is 78.5 Å². The third-order valence-corrected chi connectivity index (χ3v) is 7.63. The molecule has 2 aliphatic heterocycles. The second-order valence-corrected chi connectivity index (χ2v) is 10.7. The summed E-state index contributed by atoms with van der Waals surface area (Å²) in [6, 6.07) is 19.8. The summed E-state index contributed by atoms with van der Waals surface area (Å²) in [6.45, 7) is 1.28. The Morgan fingerprint density at radius 3 is 2.42 bits per heavy atom. The lowest BCUT2D eigenvalue weighted by molar-refractivity contribution is -0.131. The van der Waals surface area contributed by atoms with Crippen LogP contribution in [0.5, 0.6) is 11.5 Å². The molecule has 0 spiro atoms. The molecule has 2 saturated heterocycles. The molecule has 1 aromatic heterocycles. The van der Waals surface area contributed by atoms with E-state index in [0.29, 0.717) is 24.1 Å². The molecular weight excluding hydrogens is 502 g/mol. The van der Waals surface area contributed by atoms with Gasteiger partial charge < -0.3 is 25.6 Å². The number of nitrogens with zero attached hydrogens (tertiary/aromatic N) is 5. The van der Waals surface area contributed by atoms with Crippen molar-refractivity contribution in [3.05, 3.63) is 72.6 Å². The molecule has 2 unspecified atom stereocenters. The summed E-state index contributed by atoms with van der Waals surface area (Å²) in [5.41, 5.74) is 8.21. The van der Waals surface area contributed by atoms with Crippen LogP contribution in [-0.2, 0) is 4.79 Å². The SMILES string of the molecule is CN(C)C/C=C(\C#N)C(=O)N1C2CCC1CC(CNc1ncnc(N)c1-c1ccc(Oc3ccccc3)cc1)C2. The van der Waals surface area contributed by atoms with Crippen LogP contribution in [0.4, 0.5) is 11.6 Å². The Labute approximate surface area is 235 Å². The minimum Gasteiger partial charge on any atom is -0.457 e. The van der Waals surface area contributed by atoms with Crippen molar-refractivity contribution < 1.29 is 9.53 Å². The van der Waals surface area contributed by atoms with Gasteiger partial charge in [-0.15, -0.1) is 0 Å². The Bertz CT molecular complexity index is 1390. The maximum absolute atomic E-state index is 13.2. The number of amides is 1. The zero-order chi connectivity index (χ0) is 28.1. The molecular formula is C31H35N7O2. The highest BCUT2D eigenvalue weighted by Gasteiger charge is 2.43. The first-order chi connectivity index (χ1) is 19.4. The number of nitrogen functional groups attached to an aromatic ring is 1. The number of nitriles is 1. The van der Waals surface area contributed by atoms with Gasteiger partial charge in [0, 0.05) is 25.2 Å². The molecule has 3 aromatic rings. The van der Waals surface area contributed by atoms with Crippen molar-refractivity contribution in [2.24, 2.45) is 5.92 Å². The first kappa shape index (κ1) is 27.2. The summed E-state index contributed by atoms with van der Waals surface area (Å²) < 4.78 is 5.92. The van der Waals surface area contributed by atoms with Gasteiger partial charge in [-0.1, -0.05) is 30.3 Å². The van der Waals surface area contributed by atoms with Crippen LogP contribution < -0.4 is 15.8 Å². The molecule has 2 aromatic carbocycles. The topological polar surface area (TPSA) is 120 Å². The van der Waals surface area contributed by atoms with E-state index < -0.39 is 0 Å². The molecule has 0 saturated carbocycles. The first-order valence-electron chi connectivity index (χ1n) is 13.7. The van der Waals surface area contributed by atoms with Gasteiger partial charge in [-0.2, -0.15) is 5.26 Å². The number of anilines is 2. The number of hydrogen-bond acceptors (Lipinski definition) is 8. The summed E-state index contributed by atoms with van der Waals surface area (Å²) in [5, 5.41) is 13.1. The molecule has 3 N–H and O–H groups in total. The highest BCUT2D eigenvalue weighted by molar-refractivity contribution is 5.98. The molecule has 9 heteroatoms. The second kappa shape index (κ2) is 12.2. The normalized spacial score (nSPS) is 20.3. The number of nitrogens with two attached hydrogens (primary N) is 1. The molecule has 2 atom stereocenters. The molecule has 40 heavy (non-hydrogen) atoms. The number of hydrogen-bond donors (Lipinski definition) is 2. The monoisotopic (exact) mass is 537 g/mol. The van der Waals surface area contributed by atoms with Crippen LogP contribution in [0.15, 0.2) is 72.6 Å². The standard InChI is InChI=1S/C31H35N7O2/c1-37(2)15-14-23(18-32)31(39)38-24-10-11-25(38)17-21(16-24)19-34-30-28(29(33)35-20-36-30)22-8-12-27(13-9-22)40-26-6-4-3-5-7-26/h3-9,12-14,20-21,24-25H,10-11,15-17,19H2,1-2H3,(H3,33,34,35,36)/b23-14+. The lowest BCUT2D eigenvalue weighted by Crippen LogP contribution is -2.48. The van der Waals surface area contributed by atoms with E-state index in [2.05, 4.69) is 21.4 Å². The van der Waals surface area contributed by atoms with Crippen LogP contribution in [0.2, 0.25) is 0 Å². The van der Waals surface area contributed by atoms with Crippen molar-refractivity contribution in [2.75, 3.05) is 38.2 Å². The van der Waals surface area contributed by atoms with Gasteiger partial charge in [-0.3, -0.25) is 4.79 Å². The predicted molar refractivity (Wildman–Crippen MR) is 156 cm³/mol. The summed E-state index contributed by atoms with van der Waals surface area (Å²) in [6.07, 6.45) is 6.94. The van der Waals surface area contributed by atoms with Gasteiger partial charge in [0.25, 0.3) is 5.91 Å². The van der Waals surface area contributed by atoms with Gasteiger partial charge in [0.2, 0.25) is 0 Å². The van der Waals surface area contributed by atoms with Crippen LogP contribution in [0, 0.1) is 17.2 Å². The molecule has 2 fully saturated rings. The molecule has 1 amide bonds. The van der Waals surface area contributed by atoms with Gasteiger partial charge in [0.1, 0.15) is 41.1 Å². The van der Waals surface area contributed by atoms with Crippen molar-refractivity contribution in [1.82, 2.24) is 19.8 Å². The molecule has 0 aliphatic carbocycles. The Morgan fingerprint density at radius 2 is 1.77 bits per heavy atom. The number of carbonyl (C=O) groups excluding carboxylic acids is 1. The van der Waals surface area contributed by atoms with Gasteiger partial charge in [0.05, 0.1) is 5.56 Å². The average Bonchev–Trinajstić information content (AvgIpc) is 3.22. The van der Waals surface area contributed by atoms with E-state index in [9.17, 15) is 10.1 Å². The third-order valence-electron chi connectivity index (χ3n) is 7.63. The van der Waals surface area contributed by atoms with Crippen LogP contribution in [0.1, 0.15) is 25.7 Å². The maximum Gasteiger partial charge on any atom is 0.264 e. The number of piperidine rings is 1. The summed E-state index contributed by atoms with van der Waals surface area (Å²) >= 11 is 0. The number of benzene rings is 2. The maximum atomic E-state index is 13.2. The summed E-state index contributed by atoms with van der Waals surface area (Å²) in [7, 11) is 3.84. The smallest absolute Gasteiger partial charge is 0.264 e.